The first-order valence-corrected chi connectivity index (χ1v) is 20.4. The van der Waals surface area contributed by atoms with Crippen molar-refractivity contribution in [3.63, 3.8) is 0 Å². The van der Waals surface area contributed by atoms with Crippen LogP contribution in [0.1, 0.15) is 25.7 Å². The van der Waals surface area contributed by atoms with E-state index in [0.717, 1.165) is 5.66 Å². The summed E-state index contributed by atoms with van der Waals surface area (Å²) in [4.78, 5) is 0. The maximum atomic E-state index is 5.05. The van der Waals surface area contributed by atoms with E-state index < -0.39 is 23.2 Å². The van der Waals surface area contributed by atoms with Gasteiger partial charge < -0.3 is 20.5 Å². The van der Waals surface area contributed by atoms with Crippen molar-refractivity contribution >= 4 is 33.8 Å². The topological polar surface area (TPSA) is 12.4 Å². The summed E-state index contributed by atoms with van der Waals surface area (Å²) >= 11 is 0. The van der Waals surface area contributed by atoms with Gasteiger partial charge >= 0.3 is 32.7 Å². The van der Waals surface area contributed by atoms with Crippen molar-refractivity contribution in [1.29, 1.82) is 0 Å². The second-order valence-corrected chi connectivity index (χ2v) is 24.4. The monoisotopic (exact) mass is 561 g/mol. The summed E-state index contributed by atoms with van der Waals surface area (Å²) in [6.07, 6.45) is 5.38. The first-order valence-electron chi connectivity index (χ1n) is 11.2. The van der Waals surface area contributed by atoms with Crippen LogP contribution in [0.4, 0.5) is 0 Å². The molecular weight excluding hydrogens is 514 g/mol. The smallest absolute Gasteiger partial charge is 0.358 e. The Kier molecular flexibility index (Phi) is 17.2. The van der Waals surface area contributed by atoms with Crippen LogP contribution >= 0.6 is 7.05 Å². The molecule has 0 spiro atoms. The Hall–Kier alpha value is 0.208. The molecule has 5 heteroatoms. The minimum absolute atomic E-state index is 0. The molecule has 1 nitrogen and oxygen atoms in total. The molecule has 1 aliphatic rings. The summed E-state index contributed by atoms with van der Waals surface area (Å²) in [5.74, 6) is 0. The Labute approximate surface area is 228 Å². The van der Waals surface area contributed by atoms with E-state index in [1.807, 2.05) is 7.05 Å². The van der Waals surface area contributed by atoms with Crippen LogP contribution in [0.5, 0.6) is 0 Å². The van der Waals surface area contributed by atoms with E-state index in [0.29, 0.717) is 0 Å². The van der Waals surface area contributed by atoms with Gasteiger partial charge in [-0.1, -0.05) is 113 Å². The van der Waals surface area contributed by atoms with E-state index >= 15 is 0 Å². The molecule has 0 aromatic heterocycles. The first kappa shape index (κ1) is 34.4. The maximum Gasteiger partial charge on any atom is 3.00 e. The van der Waals surface area contributed by atoms with Gasteiger partial charge in [0.1, 0.15) is 0 Å². The number of nitrogens with zero attached hydrogens (tertiary/aromatic N) is 1. The summed E-state index contributed by atoms with van der Waals surface area (Å²) < 4.78 is 5.05. The van der Waals surface area contributed by atoms with Gasteiger partial charge in [-0.3, -0.25) is 4.74 Å². The Morgan fingerprint density at radius 3 is 1.25 bits per heavy atom. The fourth-order valence-electron chi connectivity index (χ4n) is 3.55. The molecule has 0 aliphatic heterocycles. The fraction of sp³-hybridized carbons (Fsp3) is 0.444. The van der Waals surface area contributed by atoms with Gasteiger partial charge in [0.2, 0.25) is 0 Å². The predicted molar refractivity (Wildman–Crippen MR) is 153 cm³/mol. The standard InChI is InChI=1S/C18H22NP.2C4H11Si.CH3.Y/c1-19-20(18-14-8-9-15-18,16-10-4-2-5-11-16)17-12-6-3-7-13-17;2*1-5(2,3)4;;/h2-7,10-13,18H,8-9,14-15H2,1H3;2*1H2,2-4H3;1H3;/q;3*-1;+3. The molecule has 0 radical (unpaired) electrons. The molecule has 2 aromatic rings. The van der Waals surface area contributed by atoms with Crippen molar-refractivity contribution in [3.8, 4) is 0 Å². The van der Waals surface area contributed by atoms with Gasteiger partial charge in [-0.25, -0.2) is 0 Å². The molecule has 2 aromatic carbocycles. The fourth-order valence-corrected chi connectivity index (χ4v) is 7.85. The van der Waals surface area contributed by atoms with Gasteiger partial charge in [-0.15, -0.1) is 16.1 Å². The molecule has 1 aliphatic carbocycles. The Morgan fingerprint density at radius 2 is 1.00 bits per heavy atom. The second-order valence-electron chi connectivity index (χ2n) is 10.6. The van der Waals surface area contributed by atoms with Crippen molar-refractivity contribution in [2.24, 2.45) is 4.74 Å². The van der Waals surface area contributed by atoms with E-state index in [1.165, 1.54) is 36.3 Å². The van der Waals surface area contributed by atoms with E-state index in [-0.39, 0.29) is 40.1 Å². The van der Waals surface area contributed by atoms with Crippen LogP contribution in [0, 0.1) is 20.5 Å². The van der Waals surface area contributed by atoms with Crippen LogP contribution in [-0.4, -0.2) is 28.9 Å². The van der Waals surface area contributed by atoms with Crippen molar-refractivity contribution in [2.45, 2.75) is 70.6 Å². The second kappa shape index (κ2) is 16.0. The van der Waals surface area contributed by atoms with Crippen molar-refractivity contribution in [2.75, 3.05) is 7.05 Å². The van der Waals surface area contributed by atoms with E-state index in [9.17, 15) is 0 Å². The third-order valence-corrected chi connectivity index (χ3v) is 8.84. The van der Waals surface area contributed by atoms with Gasteiger partial charge in [0.25, 0.3) is 0 Å². The molecule has 0 unspecified atom stereocenters. The molecule has 0 amide bonds. The molecule has 1 saturated carbocycles. The molecule has 0 bridgehead atoms. The van der Waals surface area contributed by atoms with Crippen molar-refractivity contribution in [3.05, 3.63) is 81.2 Å². The number of hydrogen-bond acceptors (Lipinski definition) is 1. The Bertz CT molecular complexity index is 707. The van der Waals surface area contributed by atoms with Crippen LogP contribution in [-0.2, 0) is 32.7 Å². The van der Waals surface area contributed by atoms with Crippen LogP contribution in [0.25, 0.3) is 0 Å². The quantitative estimate of drug-likeness (QED) is 0.203. The molecule has 3 rings (SSSR count). The molecular formula is C27H47NPSi2Y. The van der Waals surface area contributed by atoms with Crippen molar-refractivity contribution in [1.82, 2.24) is 0 Å². The summed E-state index contributed by atoms with van der Waals surface area (Å²) in [5, 5.41) is 2.89. The molecule has 176 valence electrons. The summed E-state index contributed by atoms with van der Waals surface area (Å²) in [6, 6.07) is 22.0. The number of benzene rings is 2. The summed E-state index contributed by atoms with van der Waals surface area (Å²) in [5.41, 5.74) is 0.734. The molecule has 1 fully saturated rings. The first-order chi connectivity index (χ1) is 13.9. The Morgan fingerprint density at radius 1 is 0.719 bits per heavy atom. The van der Waals surface area contributed by atoms with Crippen LogP contribution < -0.4 is 10.6 Å². The third-order valence-electron chi connectivity index (χ3n) is 4.47. The van der Waals surface area contributed by atoms with E-state index in [4.69, 9.17) is 4.74 Å². The SMILES string of the molecule is CN=P(c1ccccc1)(c1ccccc1)C1CCCC1.[CH2-][Si](C)(C)C.[CH2-][Si](C)(C)C.[CH3-].[Y+3]. The van der Waals surface area contributed by atoms with Gasteiger partial charge in [-0.05, 0) is 23.5 Å². The zero-order chi connectivity index (χ0) is 22.8. The van der Waals surface area contributed by atoms with Crippen LogP contribution in [0.15, 0.2) is 65.4 Å². The molecule has 0 N–H and O–H groups in total. The zero-order valence-corrected chi connectivity index (χ0v) is 27.8. The largest absolute Gasteiger partial charge is 3.00 e. The van der Waals surface area contributed by atoms with E-state index in [1.54, 1.807) is 0 Å². The van der Waals surface area contributed by atoms with Gasteiger partial charge in [0.05, 0.1) is 0 Å². The molecule has 32 heavy (non-hydrogen) atoms. The summed E-state index contributed by atoms with van der Waals surface area (Å²) in [7, 11) is -1.29. The van der Waals surface area contributed by atoms with Crippen molar-refractivity contribution < 1.29 is 32.7 Å². The summed E-state index contributed by atoms with van der Waals surface area (Å²) in [6.45, 7) is 21.1. The molecule has 0 atom stereocenters. The number of hydrogen-bond donors (Lipinski definition) is 0. The Balaban J connectivity index is 0. The van der Waals surface area contributed by atoms with Gasteiger partial charge in [0.15, 0.2) is 0 Å². The number of rotatable bonds is 3. The molecule has 0 heterocycles. The normalized spacial score (nSPS) is 13.9. The van der Waals surface area contributed by atoms with Crippen LogP contribution in [0.3, 0.4) is 0 Å². The predicted octanol–water partition coefficient (Wildman–Crippen LogP) is 8.25. The van der Waals surface area contributed by atoms with Crippen LogP contribution in [0.2, 0.25) is 39.3 Å². The third kappa shape index (κ3) is 13.2. The van der Waals surface area contributed by atoms with Gasteiger partial charge in [0, 0.05) is 19.8 Å². The average molecular weight is 562 g/mol. The van der Waals surface area contributed by atoms with Gasteiger partial charge in [-0.2, -0.15) is 0 Å². The minimum atomic E-state index is -1.60. The minimum Gasteiger partial charge on any atom is -0.358 e. The zero-order valence-electron chi connectivity index (χ0n) is 22.1. The molecule has 0 saturated heterocycles. The average Bonchev–Trinajstić information content (AvgIpc) is 3.17. The maximum absolute atomic E-state index is 5.05. The van der Waals surface area contributed by atoms with E-state index in [2.05, 4.69) is 113 Å².